The summed E-state index contributed by atoms with van der Waals surface area (Å²) in [6.07, 6.45) is 0.820. The number of esters is 1. The second-order valence-corrected chi connectivity index (χ2v) is 12.3. The molecule has 1 aliphatic rings. The Bertz CT molecular complexity index is 420. The predicted molar refractivity (Wildman–Crippen MR) is 83.1 cm³/mol. The summed E-state index contributed by atoms with van der Waals surface area (Å²) in [7, 11) is -1.89. The standard InChI is InChI=1S/C15H28O5Si/c1-14(2,3)21(6,7)18-10-11(16)8-12-9-13(17)20-15(4,5)19-12/h9,11,16H,8,10H2,1-7H3/t11-/m1/s1. The number of aliphatic hydroxyl groups is 1. The second kappa shape index (κ2) is 6.10. The van der Waals surface area contributed by atoms with Crippen LogP contribution in [0.5, 0.6) is 0 Å². The number of hydrogen-bond donors (Lipinski definition) is 1. The highest BCUT2D eigenvalue weighted by atomic mass is 28.4. The quantitative estimate of drug-likeness (QED) is 0.624. The van der Waals surface area contributed by atoms with Crippen LogP contribution in [0.2, 0.25) is 18.1 Å². The zero-order chi connectivity index (χ0) is 16.5. The first-order valence-corrected chi connectivity index (χ1v) is 10.2. The van der Waals surface area contributed by atoms with Crippen molar-refractivity contribution in [2.45, 2.75) is 71.1 Å². The number of cyclic esters (lactones) is 1. The molecule has 5 nitrogen and oxygen atoms in total. The highest BCUT2D eigenvalue weighted by Gasteiger charge is 2.38. The van der Waals surface area contributed by atoms with Crippen molar-refractivity contribution in [3.8, 4) is 0 Å². The summed E-state index contributed by atoms with van der Waals surface area (Å²) < 4.78 is 16.5. The summed E-state index contributed by atoms with van der Waals surface area (Å²) in [5.41, 5.74) is 0. The fourth-order valence-corrected chi connectivity index (χ4v) is 2.72. The molecule has 6 heteroatoms. The van der Waals surface area contributed by atoms with Gasteiger partial charge in [-0.2, -0.15) is 0 Å². The minimum atomic E-state index is -1.89. The molecule has 0 aliphatic carbocycles. The van der Waals surface area contributed by atoms with Gasteiger partial charge in [0.1, 0.15) is 5.76 Å². The van der Waals surface area contributed by atoms with Crippen LogP contribution >= 0.6 is 0 Å². The maximum absolute atomic E-state index is 11.4. The molecule has 1 N–H and O–H groups in total. The van der Waals surface area contributed by atoms with Crippen LogP contribution in [-0.4, -0.2) is 37.9 Å². The third kappa shape index (κ3) is 5.45. The monoisotopic (exact) mass is 316 g/mol. The molecule has 1 rings (SSSR count). The van der Waals surface area contributed by atoms with Crippen molar-refractivity contribution >= 4 is 14.3 Å². The maximum atomic E-state index is 11.4. The van der Waals surface area contributed by atoms with Gasteiger partial charge in [0.15, 0.2) is 8.32 Å². The number of hydrogen-bond acceptors (Lipinski definition) is 5. The molecule has 0 saturated heterocycles. The maximum Gasteiger partial charge on any atom is 0.337 e. The first-order chi connectivity index (χ1) is 9.32. The molecule has 0 bridgehead atoms. The fraction of sp³-hybridized carbons (Fsp3) is 0.800. The summed E-state index contributed by atoms with van der Waals surface area (Å²) in [6, 6.07) is 0. The number of carbonyl (C=O) groups is 1. The van der Waals surface area contributed by atoms with Crippen LogP contribution in [0.3, 0.4) is 0 Å². The third-order valence-corrected chi connectivity index (χ3v) is 8.38. The van der Waals surface area contributed by atoms with Crippen molar-refractivity contribution in [1.82, 2.24) is 0 Å². The largest absolute Gasteiger partial charge is 0.457 e. The summed E-state index contributed by atoms with van der Waals surface area (Å²) in [5.74, 6) is -0.998. The molecule has 0 unspecified atom stereocenters. The molecule has 1 aliphatic heterocycles. The Morgan fingerprint density at radius 2 is 1.90 bits per heavy atom. The first-order valence-electron chi connectivity index (χ1n) is 7.27. The van der Waals surface area contributed by atoms with Crippen molar-refractivity contribution in [3.63, 3.8) is 0 Å². The van der Waals surface area contributed by atoms with E-state index in [1.807, 2.05) is 0 Å². The van der Waals surface area contributed by atoms with E-state index in [4.69, 9.17) is 13.9 Å². The lowest BCUT2D eigenvalue weighted by atomic mass is 10.2. The molecule has 0 amide bonds. The minimum Gasteiger partial charge on any atom is -0.457 e. The smallest absolute Gasteiger partial charge is 0.337 e. The fourth-order valence-electron chi connectivity index (χ4n) is 1.68. The molecular formula is C15H28O5Si. The van der Waals surface area contributed by atoms with Gasteiger partial charge in [0.05, 0.1) is 18.8 Å². The van der Waals surface area contributed by atoms with Crippen LogP contribution in [0.1, 0.15) is 41.0 Å². The first kappa shape index (κ1) is 18.2. The van der Waals surface area contributed by atoms with Crippen LogP contribution in [0.15, 0.2) is 11.8 Å². The molecule has 0 aromatic carbocycles. The van der Waals surface area contributed by atoms with Gasteiger partial charge in [-0.25, -0.2) is 4.79 Å². The van der Waals surface area contributed by atoms with E-state index in [9.17, 15) is 9.90 Å². The molecule has 0 aromatic heterocycles. The van der Waals surface area contributed by atoms with Crippen LogP contribution in [0, 0.1) is 0 Å². The Hall–Kier alpha value is -0.853. The molecule has 122 valence electrons. The molecule has 0 spiro atoms. The van der Waals surface area contributed by atoms with E-state index >= 15 is 0 Å². The summed E-state index contributed by atoms with van der Waals surface area (Å²) >= 11 is 0. The Morgan fingerprint density at radius 1 is 1.33 bits per heavy atom. The number of rotatable bonds is 5. The zero-order valence-electron chi connectivity index (χ0n) is 14.1. The lowest BCUT2D eigenvalue weighted by Crippen LogP contribution is -2.43. The average molecular weight is 316 g/mol. The van der Waals surface area contributed by atoms with Crippen LogP contribution in [0.25, 0.3) is 0 Å². The average Bonchev–Trinajstić information content (AvgIpc) is 2.21. The minimum absolute atomic E-state index is 0.0964. The van der Waals surface area contributed by atoms with Crippen molar-refractivity contribution in [2.75, 3.05) is 6.61 Å². The number of ether oxygens (including phenoxy) is 2. The van der Waals surface area contributed by atoms with E-state index in [1.165, 1.54) is 6.08 Å². The topological polar surface area (TPSA) is 65.0 Å². The van der Waals surface area contributed by atoms with Crippen molar-refractivity contribution < 1.29 is 23.8 Å². The molecule has 1 heterocycles. The summed E-state index contributed by atoms with van der Waals surface area (Å²) in [6.45, 7) is 14.3. The Morgan fingerprint density at radius 3 is 2.38 bits per heavy atom. The van der Waals surface area contributed by atoms with Crippen LogP contribution < -0.4 is 0 Å². The van der Waals surface area contributed by atoms with Crippen LogP contribution in [0.4, 0.5) is 0 Å². The van der Waals surface area contributed by atoms with Gasteiger partial charge in [-0.1, -0.05) is 20.8 Å². The molecule has 0 radical (unpaired) electrons. The van der Waals surface area contributed by atoms with Crippen molar-refractivity contribution in [1.29, 1.82) is 0 Å². The lowest BCUT2D eigenvalue weighted by molar-refractivity contribution is -0.206. The van der Waals surface area contributed by atoms with E-state index in [2.05, 4.69) is 33.9 Å². The van der Waals surface area contributed by atoms with Gasteiger partial charge in [0.25, 0.3) is 0 Å². The number of carbonyl (C=O) groups excluding carboxylic acids is 1. The molecule has 21 heavy (non-hydrogen) atoms. The third-order valence-electron chi connectivity index (χ3n) is 3.88. The highest BCUT2D eigenvalue weighted by molar-refractivity contribution is 6.74. The second-order valence-electron chi connectivity index (χ2n) is 7.46. The van der Waals surface area contributed by atoms with Gasteiger partial charge in [-0.05, 0) is 18.1 Å². The van der Waals surface area contributed by atoms with Crippen LogP contribution in [-0.2, 0) is 18.7 Å². The predicted octanol–water partition coefficient (Wildman–Crippen LogP) is 2.95. The molecule has 1 atom stereocenters. The Balaban J connectivity index is 2.55. The van der Waals surface area contributed by atoms with Crippen molar-refractivity contribution in [2.24, 2.45) is 0 Å². The van der Waals surface area contributed by atoms with Gasteiger partial charge >= 0.3 is 5.97 Å². The van der Waals surface area contributed by atoms with Gasteiger partial charge < -0.3 is 19.0 Å². The molecule has 0 fully saturated rings. The van der Waals surface area contributed by atoms with E-state index in [1.54, 1.807) is 13.8 Å². The van der Waals surface area contributed by atoms with E-state index in [-0.39, 0.29) is 18.1 Å². The highest BCUT2D eigenvalue weighted by Crippen LogP contribution is 2.36. The Kier molecular flexibility index (Phi) is 5.29. The lowest BCUT2D eigenvalue weighted by Gasteiger charge is -2.37. The SMILES string of the molecule is CC1(C)OC(=O)C=C(C[C@@H](O)CO[Si](C)(C)C(C)(C)C)O1. The molecule has 0 saturated carbocycles. The van der Waals surface area contributed by atoms with Gasteiger partial charge in [0.2, 0.25) is 5.79 Å². The van der Waals surface area contributed by atoms with E-state index in [0.29, 0.717) is 5.76 Å². The van der Waals surface area contributed by atoms with Crippen molar-refractivity contribution in [3.05, 3.63) is 11.8 Å². The van der Waals surface area contributed by atoms with Gasteiger partial charge in [0, 0.05) is 20.3 Å². The summed E-state index contributed by atoms with van der Waals surface area (Å²) in [5, 5.41) is 10.2. The van der Waals surface area contributed by atoms with E-state index < -0.39 is 26.2 Å². The Labute approximate surface area is 128 Å². The number of aliphatic hydroxyl groups excluding tert-OH is 1. The molecular weight excluding hydrogens is 288 g/mol. The van der Waals surface area contributed by atoms with Gasteiger partial charge in [-0.15, -0.1) is 0 Å². The normalized spacial score (nSPS) is 20.4. The molecule has 0 aromatic rings. The van der Waals surface area contributed by atoms with E-state index in [0.717, 1.165) is 0 Å². The summed E-state index contributed by atoms with van der Waals surface area (Å²) in [4.78, 5) is 11.4. The zero-order valence-corrected chi connectivity index (χ0v) is 15.1. The van der Waals surface area contributed by atoms with Gasteiger partial charge in [-0.3, -0.25) is 0 Å².